The summed E-state index contributed by atoms with van der Waals surface area (Å²) in [5.41, 5.74) is -0.148. The molecule has 0 spiro atoms. The Balaban J connectivity index is 2.47. The van der Waals surface area contributed by atoms with Crippen LogP contribution in [0.4, 0.5) is 5.69 Å². The summed E-state index contributed by atoms with van der Waals surface area (Å²) in [6, 6.07) is 7.35. The fourth-order valence-electron chi connectivity index (χ4n) is 1.84. The number of carbonyl (C=O) groups excluding carboxylic acids is 1. The van der Waals surface area contributed by atoms with Crippen LogP contribution in [0.2, 0.25) is 0 Å². The van der Waals surface area contributed by atoms with Crippen LogP contribution in [0.5, 0.6) is 5.75 Å². The van der Waals surface area contributed by atoms with Crippen molar-refractivity contribution in [1.29, 1.82) is 0 Å². The molecule has 0 radical (unpaired) electrons. The van der Waals surface area contributed by atoms with E-state index >= 15 is 0 Å². The molecule has 0 aromatic heterocycles. The third-order valence-corrected chi connectivity index (χ3v) is 2.60. The molecule has 4 nitrogen and oxygen atoms in total. The van der Waals surface area contributed by atoms with Crippen LogP contribution in [0.3, 0.4) is 0 Å². The fraction of sp³-hybridized carbons (Fsp3) is 0.417. The molecule has 1 aliphatic rings. The number of hydrogen-bond acceptors (Lipinski definition) is 3. The van der Waals surface area contributed by atoms with Crippen LogP contribution in [0.15, 0.2) is 24.3 Å². The average Bonchev–Trinajstić information content (AvgIpc) is 2.24. The Labute approximate surface area is 94.4 Å². The van der Waals surface area contributed by atoms with Gasteiger partial charge < -0.3 is 14.7 Å². The molecule has 16 heavy (non-hydrogen) atoms. The quantitative estimate of drug-likeness (QED) is 0.816. The number of hydrogen-bond donors (Lipinski definition) is 1. The van der Waals surface area contributed by atoms with Gasteiger partial charge in [0, 0.05) is 6.54 Å². The molecule has 1 aromatic rings. The normalized spacial score (nSPS) is 17.9. The number of para-hydroxylation sites is 2. The molecule has 4 heteroatoms. The minimum atomic E-state index is -0.872. The molecular weight excluding hydrogens is 206 g/mol. The lowest BCUT2D eigenvalue weighted by Gasteiger charge is -2.38. The van der Waals surface area contributed by atoms with Gasteiger partial charge in [-0.15, -0.1) is 0 Å². The van der Waals surface area contributed by atoms with E-state index in [4.69, 9.17) is 9.84 Å². The van der Waals surface area contributed by atoms with Crippen molar-refractivity contribution in [1.82, 2.24) is 0 Å². The molecule has 2 rings (SSSR count). The highest BCUT2D eigenvalue weighted by atomic mass is 16.5. The van der Waals surface area contributed by atoms with Crippen LogP contribution in [-0.2, 0) is 4.79 Å². The predicted molar refractivity (Wildman–Crippen MR) is 60.6 cm³/mol. The van der Waals surface area contributed by atoms with Crippen LogP contribution in [0.1, 0.15) is 13.8 Å². The first kappa shape index (κ1) is 11.0. The number of amides is 1. The number of β-amino-alcohol motifs (C(OH)–C–C–N with tert-alkyl or cyclic N) is 1. The van der Waals surface area contributed by atoms with Crippen LogP contribution < -0.4 is 9.64 Å². The van der Waals surface area contributed by atoms with Gasteiger partial charge in [0.1, 0.15) is 5.75 Å². The highest BCUT2D eigenvalue weighted by Crippen LogP contribution is 2.36. The van der Waals surface area contributed by atoms with E-state index < -0.39 is 5.60 Å². The SMILES string of the molecule is CC1(C)Oc2ccccc2N(CCO)C1=O. The third kappa shape index (κ3) is 1.65. The molecule has 86 valence electrons. The van der Waals surface area contributed by atoms with Gasteiger partial charge in [-0.3, -0.25) is 4.79 Å². The molecule has 0 unspecified atom stereocenters. The lowest BCUT2D eigenvalue weighted by molar-refractivity contribution is -0.132. The fourth-order valence-corrected chi connectivity index (χ4v) is 1.84. The molecule has 1 heterocycles. The van der Waals surface area contributed by atoms with Crippen molar-refractivity contribution in [3.05, 3.63) is 24.3 Å². The molecule has 0 saturated heterocycles. The second kappa shape index (κ2) is 3.79. The molecule has 0 bridgehead atoms. The summed E-state index contributed by atoms with van der Waals surface area (Å²) in [5, 5.41) is 9.00. The number of fused-ring (bicyclic) bond motifs is 1. The zero-order chi connectivity index (χ0) is 11.8. The maximum atomic E-state index is 12.1. The first-order valence-electron chi connectivity index (χ1n) is 5.27. The molecule has 1 amide bonds. The maximum absolute atomic E-state index is 12.1. The average molecular weight is 221 g/mol. The number of carbonyl (C=O) groups is 1. The summed E-state index contributed by atoms with van der Waals surface area (Å²) in [7, 11) is 0. The summed E-state index contributed by atoms with van der Waals surface area (Å²) < 4.78 is 5.64. The standard InChI is InChI=1S/C12H15NO3/c1-12(2)11(15)13(7-8-14)9-5-3-4-6-10(9)16-12/h3-6,14H,7-8H2,1-2H3. The highest BCUT2D eigenvalue weighted by Gasteiger charge is 2.40. The molecule has 1 N–H and O–H groups in total. The van der Waals surface area contributed by atoms with E-state index in [9.17, 15) is 4.79 Å². The van der Waals surface area contributed by atoms with E-state index in [1.165, 1.54) is 0 Å². The maximum Gasteiger partial charge on any atom is 0.270 e. The van der Waals surface area contributed by atoms with Crippen molar-refractivity contribution < 1.29 is 14.6 Å². The van der Waals surface area contributed by atoms with Gasteiger partial charge in [-0.1, -0.05) is 12.1 Å². The van der Waals surface area contributed by atoms with Crippen LogP contribution >= 0.6 is 0 Å². The van der Waals surface area contributed by atoms with Gasteiger partial charge in [0.15, 0.2) is 5.60 Å². The minimum Gasteiger partial charge on any atom is -0.476 e. The summed E-state index contributed by atoms with van der Waals surface area (Å²) in [5.74, 6) is 0.556. The van der Waals surface area contributed by atoms with E-state index in [0.717, 1.165) is 5.69 Å². The summed E-state index contributed by atoms with van der Waals surface area (Å²) >= 11 is 0. The Morgan fingerprint density at radius 1 is 1.38 bits per heavy atom. The number of nitrogens with zero attached hydrogens (tertiary/aromatic N) is 1. The molecule has 0 atom stereocenters. The van der Waals surface area contributed by atoms with Crippen LogP contribution in [-0.4, -0.2) is 29.8 Å². The van der Waals surface area contributed by atoms with Gasteiger partial charge >= 0.3 is 0 Å². The monoisotopic (exact) mass is 221 g/mol. The zero-order valence-corrected chi connectivity index (χ0v) is 9.43. The van der Waals surface area contributed by atoms with Gasteiger partial charge in [0.2, 0.25) is 0 Å². The van der Waals surface area contributed by atoms with Gasteiger partial charge in [0.25, 0.3) is 5.91 Å². The topological polar surface area (TPSA) is 49.8 Å². The first-order chi connectivity index (χ1) is 7.56. The van der Waals surface area contributed by atoms with E-state index in [2.05, 4.69) is 0 Å². The Bertz CT molecular complexity index is 414. The molecule has 1 aromatic carbocycles. The zero-order valence-electron chi connectivity index (χ0n) is 9.43. The van der Waals surface area contributed by atoms with E-state index in [1.54, 1.807) is 18.7 Å². The van der Waals surface area contributed by atoms with Crippen molar-refractivity contribution in [3.63, 3.8) is 0 Å². The lowest BCUT2D eigenvalue weighted by atomic mass is 10.0. The number of aliphatic hydroxyl groups is 1. The van der Waals surface area contributed by atoms with Gasteiger partial charge in [0.05, 0.1) is 12.3 Å². The Morgan fingerprint density at radius 3 is 2.75 bits per heavy atom. The number of ether oxygens (including phenoxy) is 1. The van der Waals surface area contributed by atoms with Gasteiger partial charge in [-0.05, 0) is 26.0 Å². The Morgan fingerprint density at radius 2 is 2.06 bits per heavy atom. The van der Waals surface area contributed by atoms with Crippen molar-refractivity contribution >= 4 is 11.6 Å². The number of aliphatic hydroxyl groups excluding tert-OH is 1. The largest absolute Gasteiger partial charge is 0.476 e. The van der Waals surface area contributed by atoms with Crippen LogP contribution in [0, 0.1) is 0 Å². The summed E-state index contributed by atoms with van der Waals surface area (Å²) in [4.78, 5) is 13.7. The van der Waals surface area contributed by atoms with E-state index in [0.29, 0.717) is 12.3 Å². The second-order valence-corrected chi connectivity index (χ2v) is 4.26. The minimum absolute atomic E-state index is 0.0594. The molecule has 1 aliphatic heterocycles. The highest BCUT2D eigenvalue weighted by molar-refractivity contribution is 6.02. The van der Waals surface area contributed by atoms with Crippen molar-refractivity contribution in [3.8, 4) is 5.75 Å². The summed E-state index contributed by atoms with van der Waals surface area (Å²) in [6.45, 7) is 3.70. The number of anilines is 1. The third-order valence-electron chi connectivity index (χ3n) is 2.60. The molecule has 0 saturated carbocycles. The van der Waals surface area contributed by atoms with Gasteiger partial charge in [-0.2, -0.15) is 0 Å². The van der Waals surface area contributed by atoms with Gasteiger partial charge in [-0.25, -0.2) is 0 Å². The Hall–Kier alpha value is -1.55. The predicted octanol–water partition coefficient (Wildman–Crippen LogP) is 1.18. The van der Waals surface area contributed by atoms with Crippen molar-refractivity contribution in [2.24, 2.45) is 0 Å². The molecular formula is C12H15NO3. The van der Waals surface area contributed by atoms with Crippen molar-refractivity contribution in [2.45, 2.75) is 19.4 Å². The Kier molecular flexibility index (Phi) is 2.59. The van der Waals surface area contributed by atoms with Crippen molar-refractivity contribution in [2.75, 3.05) is 18.1 Å². The summed E-state index contributed by atoms with van der Waals surface area (Å²) in [6.07, 6.45) is 0. The number of benzene rings is 1. The molecule has 0 aliphatic carbocycles. The lowest BCUT2D eigenvalue weighted by Crippen LogP contribution is -2.53. The van der Waals surface area contributed by atoms with E-state index in [-0.39, 0.29) is 12.5 Å². The van der Waals surface area contributed by atoms with Crippen LogP contribution in [0.25, 0.3) is 0 Å². The number of rotatable bonds is 2. The molecule has 0 fully saturated rings. The van der Waals surface area contributed by atoms with E-state index in [1.807, 2.05) is 24.3 Å². The first-order valence-corrected chi connectivity index (χ1v) is 5.27. The smallest absolute Gasteiger partial charge is 0.270 e. The second-order valence-electron chi connectivity index (χ2n) is 4.26.